The Hall–Kier alpha value is -4.27. The van der Waals surface area contributed by atoms with Gasteiger partial charge in [0.15, 0.2) is 5.78 Å². The molecule has 2 aromatic carbocycles. The van der Waals surface area contributed by atoms with Crippen molar-refractivity contribution in [1.82, 2.24) is 9.97 Å². The fraction of sp³-hybridized carbons (Fsp3) is 0.120. The number of pyridine rings is 2. The molecule has 34 heavy (non-hydrogen) atoms. The van der Waals surface area contributed by atoms with E-state index >= 15 is 0 Å². The van der Waals surface area contributed by atoms with E-state index in [1.54, 1.807) is 43.3 Å². The number of nitrogens with two attached hydrogens (primary N) is 1. The van der Waals surface area contributed by atoms with Crippen LogP contribution in [0.25, 0.3) is 10.8 Å². The molecule has 4 aromatic rings. The molecule has 2 heterocycles. The molecular formula is C25H19F3N4O2. The van der Waals surface area contributed by atoms with E-state index in [1.165, 1.54) is 12.3 Å². The van der Waals surface area contributed by atoms with Gasteiger partial charge in [0.2, 0.25) is 0 Å². The van der Waals surface area contributed by atoms with Gasteiger partial charge in [0.25, 0.3) is 5.91 Å². The zero-order chi connectivity index (χ0) is 24.5. The Morgan fingerprint density at radius 3 is 2.50 bits per heavy atom. The Kier molecular flexibility index (Phi) is 6.02. The van der Waals surface area contributed by atoms with Crippen molar-refractivity contribution in [1.29, 1.82) is 0 Å². The van der Waals surface area contributed by atoms with Gasteiger partial charge in [-0.25, -0.2) is 4.98 Å². The quantitative estimate of drug-likeness (QED) is 0.395. The topological polar surface area (TPSA) is 98.0 Å². The SMILES string of the molecule is Cc1ccc(C(=O)Cc2cc(C(F)(F)F)ccn2)cc1NC(=O)c1cccc2c(N)nccc12. The molecule has 0 aliphatic heterocycles. The Morgan fingerprint density at radius 2 is 1.74 bits per heavy atom. The second-order valence-electron chi connectivity index (χ2n) is 7.71. The number of fused-ring (bicyclic) bond motifs is 1. The number of rotatable bonds is 5. The van der Waals surface area contributed by atoms with Gasteiger partial charge < -0.3 is 11.1 Å². The van der Waals surface area contributed by atoms with E-state index in [9.17, 15) is 22.8 Å². The molecule has 172 valence electrons. The van der Waals surface area contributed by atoms with Crippen LogP contribution in [0.3, 0.4) is 0 Å². The third-order valence-corrected chi connectivity index (χ3v) is 5.37. The number of carbonyl (C=O) groups excluding carboxylic acids is 2. The highest BCUT2D eigenvalue weighted by Crippen LogP contribution is 2.29. The number of nitrogens with zero attached hydrogens (tertiary/aromatic N) is 2. The maximum atomic E-state index is 13.0. The number of carbonyl (C=O) groups is 2. The summed E-state index contributed by atoms with van der Waals surface area (Å²) in [5.74, 6) is -0.520. The van der Waals surface area contributed by atoms with Crippen molar-refractivity contribution in [2.75, 3.05) is 11.1 Å². The summed E-state index contributed by atoms with van der Waals surface area (Å²) < 4.78 is 38.8. The highest BCUT2D eigenvalue weighted by molar-refractivity contribution is 6.14. The average Bonchev–Trinajstić information content (AvgIpc) is 2.80. The molecule has 0 atom stereocenters. The van der Waals surface area contributed by atoms with Crippen LogP contribution in [0.15, 0.2) is 67.0 Å². The minimum absolute atomic E-state index is 0.00735. The molecule has 0 bridgehead atoms. The summed E-state index contributed by atoms with van der Waals surface area (Å²) >= 11 is 0. The molecule has 0 aliphatic rings. The molecule has 1 amide bonds. The summed E-state index contributed by atoms with van der Waals surface area (Å²) in [5, 5.41) is 4.08. The number of hydrogen-bond acceptors (Lipinski definition) is 5. The molecule has 0 saturated carbocycles. The molecule has 0 aliphatic carbocycles. The summed E-state index contributed by atoms with van der Waals surface area (Å²) in [7, 11) is 0. The maximum absolute atomic E-state index is 13.0. The van der Waals surface area contributed by atoms with Gasteiger partial charge >= 0.3 is 6.18 Å². The molecule has 4 rings (SSSR count). The molecule has 3 N–H and O–H groups in total. The van der Waals surface area contributed by atoms with Crippen molar-refractivity contribution in [2.24, 2.45) is 0 Å². The number of hydrogen-bond donors (Lipinski definition) is 2. The van der Waals surface area contributed by atoms with Gasteiger partial charge in [0, 0.05) is 40.3 Å². The van der Waals surface area contributed by atoms with Crippen molar-refractivity contribution in [3.63, 3.8) is 0 Å². The Bertz CT molecular complexity index is 1420. The number of anilines is 2. The third-order valence-electron chi connectivity index (χ3n) is 5.37. The van der Waals surface area contributed by atoms with Gasteiger partial charge in [-0.05, 0) is 48.2 Å². The van der Waals surface area contributed by atoms with Gasteiger partial charge in [0.1, 0.15) is 5.82 Å². The second-order valence-corrected chi connectivity index (χ2v) is 7.71. The van der Waals surface area contributed by atoms with Gasteiger partial charge in [-0.2, -0.15) is 13.2 Å². The molecule has 2 aromatic heterocycles. The Labute approximate surface area is 192 Å². The molecule has 9 heteroatoms. The molecule has 0 radical (unpaired) electrons. The fourth-order valence-corrected chi connectivity index (χ4v) is 3.57. The molecule has 6 nitrogen and oxygen atoms in total. The van der Waals surface area contributed by atoms with Crippen LogP contribution >= 0.6 is 0 Å². The first-order valence-electron chi connectivity index (χ1n) is 10.2. The fourth-order valence-electron chi connectivity index (χ4n) is 3.57. The lowest BCUT2D eigenvalue weighted by Crippen LogP contribution is -2.14. The van der Waals surface area contributed by atoms with E-state index in [4.69, 9.17) is 5.73 Å². The molecule has 0 spiro atoms. The number of aromatic nitrogens is 2. The van der Waals surface area contributed by atoms with E-state index in [0.29, 0.717) is 33.4 Å². The summed E-state index contributed by atoms with van der Waals surface area (Å²) in [5.41, 5.74) is 6.79. The number of Topliss-reactive ketones (excluding diaryl/α,β-unsaturated/α-hetero) is 1. The number of ketones is 1. The standard InChI is InChI=1S/C25H19F3N4O2/c1-14-5-6-15(22(33)13-17-12-16(7-9-30-17)25(26,27)28)11-21(14)32-24(34)20-4-2-3-19-18(20)8-10-31-23(19)29/h2-12H,13H2,1H3,(H2,29,31)(H,32,34). The third kappa shape index (κ3) is 4.73. The highest BCUT2D eigenvalue weighted by atomic mass is 19.4. The maximum Gasteiger partial charge on any atom is 0.416 e. The number of nitrogens with one attached hydrogen (secondary N) is 1. The second kappa shape index (κ2) is 8.93. The number of halogens is 3. The number of nitrogen functional groups attached to an aromatic ring is 1. The average molecular weight is 464 g/mol. The molecule has 0 unspecified atom stereocenters. The highest BCUT2D eigenvalue weighted by Gasteiger charge is 2.30. The lowest BCUT2D eigenvalue weighted by molar-refractivity contribution is -0.137. The zero-order valence-corrected chi connectivity index (χ0v) is 18.0. The first kappa shape index (κ1) is 22.9. The van der Waals surface area contributed by atoms with Crippen LogP contribution in [0.1, 0.15) is 37.5 Å². The predicted octanol–water partition coefficient (Wildman–Crippen LogP) is 5.22. The summed E-state index contributed by atoms with van der Waals surface area (Å²) in [6.45, 7) is 1.77. The summed E-state index contributed by atoms with van der Waals surface area (Å²) in [6.07, 6.45) is -2.29. The first-order chi connectivity index (χ1) is 16.1. The van der Waals surface area contributed by atoms with Crippen molar-refractivity contribution in [3.05, 3.63) is 94.9 Å². The van der Waals surface area contributed by atoms with E-state index in [2.05, 4.69) is 15.3 Å². The summed E-state index contributed by atoms with van der Waals surface area (Å²) in [4.78, 5) is 33.7. The lowest BCUT2D eigenvalue weighted by atomic mass is 10.0. The van der Waals surface area contributed by atoms with Crippen LogP contribution in [0.2, 0.25) is 0 Å². The van der Waals surface area contributed by atoms with Crippen LogP contribution in [-0.4, -0.2) is 21.7 Å². The lowest BCUT2D eigenvalue weighted by Gasteiger charge is -2.12. The zero-order valence-electron chi connectivity index (χ0n) is 18.0. The van der Waals surface area contributed by atoms with Crippen LogP contribution in [0.5, 0.6) is 0 Å². The molecular weight excluding hydrogens is 445 g/mol. The Balaban J connectivity index is 1.58. The van der Waals surface area contributed by atoms with E-state index in [-0.39, 0.29) is 17.7 Å². The Morgan fingerprint density at radius 1 is 0.971 bits per heavy atom. The predicted molar refractivity (Wildman–Crippen MR) is 123 cm³/mol. The minimum Gasteiger partial charge on any atom is -0.383 e. The van der Waals surface area contributed by atoms with Crippen molar-refractivity contribution in [3.8, 4) is 0 Å². The number of alkyl halides is 3. The minimum atomic E-state index is -4.52. The van der Waals surface area contributed by atoms with Crippen molar-refractivity contribution >= 4 is 34.0 Å². The van der Waals surface area contributed by atoms with Crippen LogP contribution < -0.4 is 11.1 Å². The van der Waals surface area contributed by atoms with Gasteiger partial charge in [0.05, 0.1) is 12.0 Å². The van der Waals surface area contributed by atoms with E-state index in [0.717, 1.165) is 18.3 Å². The summed E-state index contributed by atoms with van der Waals surface area (Å²) in [6, 6.07) is 13.2. The smallest absolute Gasteiger partial charge is 0.383 e. The number of aryl methyl sites for hydroxylation is 1. The number of benzene rings is 2. The van der Waals surface area contributed by atoms with E-state index in [1.807, 2.05) is 0 Å². The van der Waals surface area contributed by atoms with Crippen molar-refractivity contribution < 1.29 is 22.8 Å². The van der Waals surface area contributed by atoms with Crippen LogP contribution in [-0.2, 0) is 12.6 Å². The van der Waals surface area contributed by atoms with E-state index < -0.39 is 23.4 Å². The van der Waals surface area contributed by atoms with Crippen LogP contribution in [0.4, 0.5) is 24.7 Å². The van der Waals surface area contributed by atoms with Gasteiger partial charge in [-0.15, -0.1) is 0 Å². The largest absolute Gasteiger partial charge is 0.416 e. The van der Waals surface area contributed by atoms with Crippen LogP contribution in [0, 0.1) is 6.92 Å². The van der Waals surface area contributed by atoms with Crippen molar-refractivity contribution in [2.45, 2.75) is 19.5 Å². The number of amides is 1. The molecule has 0 saturated heterocycles. The first-order valence-corrected chi connectivity index (χ1v) is 10.2. The van der Waals surface area contributed by atoms with Gasteiger partial charge in [-0.1, -0.05) is 24.3 Å². The van der Waals surface area contributed by atoms with Gasteiger partial charge in [-0.3, -0.25) is 14.6 Å². The normalized spacial score (nSPS) is 11.4. The molecule has 0 fully saturated rings. The monoisotopic (exact) mass is 464 g/mol.